The van der Waals surface area contributed by atoms with Crippen molar-refractivity contribution in [2.75, 3.05) is 32.1 Å². The third kappa shape index (κ3) is 3.23. The van der Waals surface area contributed by atoms with Crippen LogP contribution in [-0.2, 0) is 4.74 Å². The molecule has 0 radical (unpaired) electrons. The molecule has 0 bridgehead atoms. The molecule has 7 nitrogen and oxygen atoms in total. The van der Waals surface area contributed by atoms with Crippen molar-refractivity contribution in [1.29, 1.82) is 0 Å². The number of pyridine rings is 1. The Hall–Kier alpha value is -1.73. The van der Waals surface area contributed by atoms with Crippen molar-refractivity contribution in [3.05, 3.63) is 27.9 Å². The normalized spacial score (nSPS) is 21.9. The Labute approximate surface area is 117 Å². The van der Waals surface area contributed by atoms with Crippen LogP contribution in [0.4, 0.5) is 11.5 Å². The molecule has 1 fully saturated rings. The van der Waals surface area contributed by atoms with Gasteiger partial charge in [-0.15, -0.1) is 0 Å². The molecule has 1 saturated heterocycles. The lowest BCUT2D eigenvalue weighted by Crippen LogP contribution is -2.49. The van der Waals surface area contributed by atoms with E-state index in [4.69, 9.17) is 4.74 Å². The van der Waals surface area contributed by atoms with Gasteiger partial charge in [0.05, 0.1) is 17.1 Å². The second kappa shape index (κ2) is 6.15. The highest BCUT2D eigenvalue weighted by atomic mass is 16.6. The zero-order chi connectivity index (χ0) is 14.6. The van der Waals surface area contributed by atoms with Crippen molar-refractivity contribution in [2.24, 2.45) is 0 Å². The van der Waals surface area contributed by atoms with Crippen molar-refractivity contribution >= 4 is 11.5 Å². The van der Waals surface area contributed by atoms with Crippen molar-refractivity contribution in [3.63, 3.8) is 0 Å². The lowest BCUT2D eigenvalue weighted by Gasteiger charge is -2.29. The first-order valence-corrected chi connectivity index (χ1v) is 6.65. The van der Waals surface area contributed by atoms with Crippen LogP contribution < -0.4 is 10.6 Å². The highest BCUT2D eigenvalue weighted by Gasteiger charge is 2.33. The van der Waals surface area contributed by atoms with Gasteiger partial charge in [-0.3, -0.25) is 10.1 Å². The van der Waals surface area contributed by atoms with Crippen LogP contribution in [0.2, 0.25) is 0 Å². The number of anilines is 1. The molecule has 0 saturated carbocycles. The standard InChI is InChI=1S/C13H20N4O3/c1-10-6-12(14-7-11(10)17(18)19)15-8-13(9-20-2)4-3-5-16-13/h6-7,16H,3-5,8-9H2,1-2H3,(H,14,15). The largest absolute Gasteiger partial charge is 0.383 e. The Morgan fingerprint density at radius 1 is 1.65 bits per heavy atom. The van der Waals surface area contributed by atoms with Crippen molar-refractivity contribution in [2.45, 2.75) is 25.3 Å². The monoisotopic (exact) mass is 280 g/mol. The molecule has 1 unspecified atom stereocenters. The smallest absolute Gasteiger partial charge is 0.290 e. The second-order valence-electron chi connectivity index (χ2n) is 5.21. The minimum Gasteiger partial charge on any atom is -0.383 e. The predicted molar refractivity (Wildman–Crippen MR) is 76.0 cm³/mol. The molecule has 20 heavy (non-hydrogen) atoms. The van der Waals surface area contributed by atoms with Gasteiger partial charge < -0.3 is 15.4 Å². The van der Waals surface area contributed by atoms with Crippen LogP contribution in [0, 0.1) is 17.0 Å². The van der Waals surface area contributed by atoms with E-state index in [-0.39, 0.29) is 11.2 Å². The molecule has 0 spiro atoms. The maximum Gasteiger partial charge on any atom is 0.290 e. The number of methoxy groups -OCH3 is 1. The van der Waals surface area contributed by atoms with E-state index in [1.54, 1.807) is 20.1 Å². The fourth-order valence-electron chi connectivity index (χ4n) is 2.57. The molecule has 1 aliphatic rings. The Morgan fingerprint density at radius 3 is 3.00 bits per heavy atom. The minimum atomic E-state index is -0.420. The molecule has 1 aromatic rings. The van der Waals surface area contributed by atoms with E-state index in [9.17, 15) is 10.1 Å². The molecule has 1 atom stereocenters. The number of hydrogen-bond donors (Lipinski definition) is 2. The summed E-state index contributed by atoms with van der Waals surface area (Å²) in [6.45, 7) is 4.01. The summed E-state index contributed by atoms with van der Waals surface area (Å²) < 4.78 is 5.28. The molecule has 0 aromatic carbocycles. The third-order valence-corrected chi connectivity index (χ3v) is 3.64. The number of ether oxygens (including phenoxy) is 1. The first-order valence-electron chi connectivity index (χ1n) is 6.65. The van der Waals surface area contributed by atoms with Gasteiger partial charge in [0, 0.05) is 19.2 Å². The fraction of sp³-hybridized carbons (Fsp3) is 0.615. The number of nitrogens with zero attached hydrogens (tertiary/aromatic N) is 2. The van der Waals surface area contributed by atoms with E-state index >= 15 is 0 Å². The first kappa shape index (κ1) is 14.7. The van der Waals surface area contributed by atoms with E-state index in [1.165, 1.54) is 6.20 Å². The van der Waals surface area contributed by atoms with Crippen LogP contribution in [-0.4, -0.2) is 42.3 Å². The third-order valence-electron chi connectivity index (χ3n) is 3.64. The molecule has 1 aliphatic heterocycles. The van der Waals surface area contributed by atoms with Gasteiger partial charge in [-0.05, 0) is 32.4 Å². The Bertz CT molecular complexity index is 487. The molecular weight excluding hydrogens is 260 g/mol. The van der Waals surface area contributed by atoms with Gasteiger partial charge in [-0.25, -0.2) is 4.98 Å². The number of aromatic nitrogens is 1. The van der Waals surface area contributed by atoms with Gasteiger partial charge in [0.25, 0.3) is 5.69 Å². The summed E-state index contributed by atoms with van der Waals surface area (Å²) in [4.78, 5) is 14.4. The number of nitro groups is 1. The summed E-state index contributed by atoms with van der Waals surface area (Å²) in [5.74, 6) is 0.650. The molecule has 2 heterocycles. The van der Waals surface area contributed by atoms with Crippen LogP contribution >= 0.6 is 0 Å². The molecule has 0 amide bonds. The van der Waals surface area contributed by atoms with Gasteiger partial charge in [-0.1, -0.05) is 0 Å². The quantitative estimate of drug-likeness (QED) is 0.606. The van der Waals surface area contributed by atoms with Crippen LogP contribution in [0.5, 0.6) is 0 Å². The minimum absolute atomic E-state index is 0.0427. The van der Waals surface area contributed by atoms with E-state index in [2.05, 4.69) is 15.6 Å². The fourth-order valence-corrected chi connectivity index (χ4v) is 2.57. The van der Waals surface area contributed by atoms with Gasteiger partial charge in [0.15, 0.2) is 0 Å². The van der Waals surface area contributed by atoms with Gasteiger partial charge in [0.2, 0.25) is 0 Å². The predicted octanol–water partition coefficient (Wildman–Crippen LogP) is 1.48. The number of nitrogens with one attached hydrogen (secondary N) is 2. The van der Waals surface area contributed by atoms with Crippen molar-refractivity contribution in [1.82, 2.24) is 10.3 Å². The summed E-state index contributed by atoms with van der Waals surface area (Å²) in [6.07, 6.45) is 3.46. The number of rotatable bonds is 6. The Morgan fingerprint density at radius 2 is 2.45 bits per heavy atom. The molecular formula is C13H20N4O3. The molecule has 110 valence electrons. The maximum atomic E-state index is 10.8. The zero-order valence-corrected chi connectivity index (χ0v) is 11.8. The number of hydrogen-bond acceptors (Lipinski definition) is 6. The Kier molecular flexibility index (Phi) is 4.51. The van der Waals surface area contributed by atoms with Crippen molar-refractivity contribution < 1.29 is 9.66 Å². The average molecular weight is 280 g/mol. The van der Waals surface area contributed by atoms with E-state index < -0.39 is 4.92 Å². The van der Waals surface area contributed by atoms with E-state index in [0.717, 1.165) is 19.4 Å². The van der Waals surface area contributed by atoms with Crippen LogP contribution in [0.1, 0.15) is 18.4 Å². The summed E-state index contributed by atoms with van der Waals surface area (Å²) in [7, 11) is 1.69. The summed E-state index contributed by atoms with van der Waals surface area (Å²) in [5.41, 5.74) is 0.570. The molecule has 1 aromatic heterocycles. The lowest BCUT2D eigenvalue weighted by atomic mass is 9.98. The lowest BCUT2D eigenvalue weighted by molar-refractivity contribution is -0.385. The van der Waals surface area contributed by atoms with Crippen LogP contribution in [0.25, 0.3) is 0 Å². The van der Waals surface area contributed by atoms with Gasteiger partial charge >= 0.3 is 0 Å². The second-order valence-corrected chi connectivity index (χ2v) is 5.21. The SMILES string of the molecule is COCC1(CNc2cc(C)c([N+](=O)[O-])cn2)CCCN1. The molecule has 2 N–H and O–H groups in total. The zero-order valence-electron chi connectivity index (χ0n) is 11.8. The highest BCUT2D eigenvalue weighted by molar-refractivity contribution is 5.47. The first-order chi connectivity index (χ1) is 9.56. The summed E-state index contributed by atoms with van der Waals surface area (Å²) >= 11 is 0. The van der Waals surface area contributed by atoms with E-state index in [0.29, 0.717) is 24.5 Å². The summed E-state index contributed by atoms with van der Waals surface area (Å²) in [5, 5.41) is 17.5. The van der Waals surface area contributed by atoms with Crippen molar-refractivity contribution in [3.8, 4) is 0 Å². The van der Waals surface area contributed by atoms with Gasteiger partial charge in [-0.2, -0.15) is 0 Å². The highest BCUT2D eigenvalue weighted by Crippen LogP contribution is 2.22. The Balaban J connectivity index is 2.03. The average Bonchev–Trinajstić information content (AvgIpc) is 2.85. The maximum absolute atomic E-state index is 10.8. The molecule has 0 aliphatic carbocycles. The topological polar surface area (TPSA) is 89.3 Å². The molecule has 2 rings (SSSR count). The van der Waals surface area contributed by atoms with Crippen LogP contribution in [0.15, 0.2) is 12.3 Å². The number of aryl methyl sites for hydroxylation is 1. The van der Waals surface area contributed by atoms with Crippen LogP contribution in [0.3, 0.4) is 0 Å². The van der Waals surface area contributed by atoms with Gasteiger partial charge in [0.1, 0.15) is 12.0 Å². The summed E-state index contributed by atoms with van der Waals surface area (Å²) in [6, 6.07) is 1.70. The molecule has 7 heteroatoms. The van der Waals surface area contributed by atoms with E-state index in [1.807, 2.05) is 0 Å².